The number of rotatable bonds is 6. The molecule has 1 amide bonds. The van der Waals surface area contributed by atoms with Crippen molar-refractivity contribution in [2.45, 2.75) is 32.7 Å². The molecule has 0 saturated carbocycles. The average Bonchev–Trinajstić information content (AvgIpc) is 3.21. The topological polar surface area (TPSA) is 105 Å². The van der Waals surface area contributed by atoms with Crippen LogP contribution >= 0.6 is 11.6 Å². The molecular formula is C29H26ClN5O3. The monoisotopic (exact) mass is 527 g/mol. The van der Waals surface area contributed by atoms with E-state index in [1.54, 1.807) is 48.5 Å². The predicted octanol–water partition coefficient (Wildman–Crippen LogP) is 4.83. The lowest BCUT2D eigenvalue weighted by atomic mass is 10.0. The van der Waals surface area contributed by atoms with E-state index in [2.05, 4.69) is 13.8 Å². The first-order valence-corrected chi connectivity index (χ1v) is 12.6. The van der Waals surface area contributed by atoms with E-state index in [0.29, 0.717) is 33.7 Å². The molecule has 192 valence electrons. The number of para-hydroxylation sites is 1. The van der Waals surface area contributed by atoms with Gasteiger partial charge in [0.25, 0.3) is 5.56 Å². The Kier molecular flexibility index (Phi) is 6.50. The maximum Gasteiger partial charge on any atom is 0.335 e. The van der Waals surface area contributed by atoms with Crippen LogP contribution in [0.5, 0.6) is 0 Å². The molecule has 0 spiro atoms. The zero-order chi connectivity index (χ0) is 27.1. The van der Waals surface area contributed by atoms with Gasteiger partial charge in [-0.3, -0.25) is 18.7 Å². The molecule has 0 fully saturated rings. The molecule has 0 aliphatic carbocycles. The number of nitrogens with zero attached hydrogens (tertiary/aromatic N) is 4. The summed E-state index contributed by atoms with van der Waals surface area (Å²) >= 11 is 6.13. The second kappa shape index (κ2) is 9.79. The number of amides is 1. The van der Waals surface area contributed by atoms with Gasteiger partial charge in [-0.15, -0.1) is 0 Å². The summed E-state index contributed by atoms with van der Waals surface area (Å²) < 4.78 is 3.90. The Labute approximate surface area is 223 Å². The highest BCUT2D eigenvalue weighted by molar-refractivity contribution is 6.30. The van der Waals surface area contributed by atoms with Gasteiger partial charge in [0.2, 0.25) is 5.91 Å². The number of carbonyl (C=O) groups excluding carboxylic acids is 1. The number of hydrogen-bond donors (Lipinski definition) is 1. The quantitative estimate of drug-likeness (QED) is 0.341. The minimum atomic E-state index is -1.08. The van der Waals surface area contributed by atoms with Crippen LogP contribution in [0.4, 0.5) is 0 Å². The minimum absolute atomic E-state index is 0.0253. The van der Waals surface area contributed by atoms with Crippen molar-refractivity contribution in [1.29, 1.82) is 0 Å². The first kappa shape index (κ1) is 25.2. The number of imidazole rings is 1. The SMILES string of the molecule is CC(C)c1ccc(-c2nc3c(c(=O)n2-c2ccc(Cl)cc2)n(C(C)C(N)=O)c(=O)n3-c2ccccc2)cc1. The van der Waals surface area contributed by atoms with Gasteiger partial charge in [-0.25, -0.2) is 14.3 Å². The Morgan fingerprint density at radius 3 is 2.03 bits per heavy atom. The van der Waals surface area contributed by atoms with Gasteiger partial charge in [-0.2, -0.15) is 0 Å². The number of halogens is 1. The van der Waals surface area contributed by atoms with Crippen LogP contribution in [0.1, 0.15) is 38.3 Å². The lowest BCUT2D eigenvalue weighted by molar-refractivity contribution is -0.120. The van der Waals surface area contributed by atoms with Gasteiger partial charge in [-0.1, -0.05) is 67.9 Å². The van der Waals surface area contributed by atoms with Gasteiger partial charge in [0.15, 0.2) is 11.2 Å². The van der Waals surface area contributed by atoms with Crippen molar-refractivity contribution in [3.8, 4) is 22.8 Å². The molecule has 3 aromatic carbocycles. The Bertz CT molecular complexity index is 1770. The zero-order valence-electron chi connectivity index (χ0n) is 21.1. The first-order valence-electron chi connectivity index (χ1n) is 12.2. The molecule has 9 heteroatoms. The van der Waals surface area contributed by atoms with E-state index in [4.69, 9.17) is 22.3 Å². The predicted molar refractivity (Wildman–Crippen MR) is 149 cm³/mol. The summed E-state index contributed by atoms with van der Waals surface area (Å²) in [6.45, 7) is 5.69. The summed E-state index contributed by atoms with van der Waals surface area (Å²) in [5.74, 6) is -0.0794. The number of nitrogens with two attached hydrogens (primary N) is 1. The number of carbonyl (C=O) groups is 1. The van der Waals surface area contributed by atoms with E-state index in [9.17, 15) is 14.4 Å². The molecule has 2 aromatic heterocycles. The van der Waals surface area contributed by atoms with Crippen molar-refractivity contribution < 1.29 is 4.79 Å². The normalized spacial score (nSPS) is 12.2. The zero-order valence-corrected chi connectivity index (χ0v) is 21.9. The molecule has 8 nitrogen and oxygen atoms in total. The highest BCUT2D eigenvalue weighted by atomic mass is 35.5. The molecule has 0 aliphatic heterocycles. The molecule has 2 heterocycles. The van der Waals surface area contributed by atoms with E-state index >= 15 is 0 Å². The molecule has 38 heavy (non-hydrogen) atoms. The molecule has 1 atom stereocenters. The van der Waals surface area contributed by atoms with E-state index in [1.807, 2.05) is 30.3 Å². The van der Waals surface area contributed by atoms with Gasteiger partial charge in [0, 0.05) is 10.6 Å². The summed E-state index contributed by atoms with van der Waals surface area (Å²) in [5.41, 5.74) is 7.45. The number of fused-ring (bicyclic) bond motifs is 1. The third kappa shape index (κ3) is 4.22. The van der Waals surface area contributed by atoms with Crippen LogP contribution in [0.3, 0.4) is 0 Å². The first-order chi connectivity index (χ1) is 18.2. The number of benzene rings is 3. The van der Waals surface area contributed by atoms with Crippen molar-refractivity contribution in [2.24, 2.45) is 5.73 Å². The second-order valence-electron chi connectivity index (χ2n) is 9.40. The fourth-order valence-corrected chi connectivity index (χ4v) is 4.62. The summed E-state index contributed by atoms with van der Waals surface area (Å²) in [7, 11) is 0. The lowest BCUT2D eigenvalue weighted by Gasteiger charge is -2.15. The standard InChI is InChI=1S/C29H26ClN5O3/c1-17(2)19-9-11-20(12-10-19)26-32-27-24(28(37)34(26)23-15-13-21(30)14-16-23)33(18(3)25(31)36)29(38)35(27)22-7-5-4-6-8-22/h4-18H,1-3H3,(H2,31,36). The van der Waals surface area contributed by atoms with Gasteiger partial charge in [0.1, 0.15) is 11.9 Å². The third-order valence-electron chi connectivity index (χ3n) is 6.62. The number of hydrogen-bond acceptors (Lipinski definition) is 4. The fraction of sp³-hybridized carbons (Fsp3) is 0.172. The Morgan fingerprint density at radius 1 is 0.842 bits per heavy atom. The second-order valence-corrected chi connectivity index (χ2v) is 9.84. The summed E-state index contributed by atoms with van der Waals surface area (Å²) in [4.78, 5) is 45.2. The molecule has 0 bridgehead atoms. The molecular weight excluding hydrogens is 502 g/mol. The molecule has 0 radical (unpaired) electrons. The van der Waals surface area contributed by atoms with Crippen molar-refractivity contribution in [1.82, 2.24) is 18.7 Å². The molecule has 5 aromatic rings. The van der Waals surface area contributed by atoms with E-state index < -0.39 is 23.2 Å². The van der Waals surface area contributed by atoms with Crippen LogP contribution < -0.4 is 17.0 Å². The average molecular weight is 528 g/mol. The van der Waals surface area contributed by atoms with Crippen LogP contribution in [-0.2, 0) is 4.79 Å². The molecule has 1 unspecified atom stereocenters. The molecule has 5 rings (SSSR count). The van der Waals surface area contributed by atoms with Gasteiger partial charge < -0.3 is 5.73 Å². The third-order valence-corrected chi connectivity index (χ3v) is 6.88. The molecule has 0 saturated heterocycles. The summed E-state index contributed by atoms with van der Waals surface area (Å²) in [6, 6.07) is 22.3. The Balaban J connectivity index is 1.95. The minimum Gasteiger partial charge on any atom is -0.368 e. The molecule has 2 N–H and O–H groups in total. The fourth-order valence-electron chi connectivity index (χ4n) is 4.50. The Hall–Kier alpha value is -4.43. The highest BCUT2D eigenvalue weighted by Crippen LogP contribution is 2.26. The van der Waals surface area contributed by atoms with E-state index in [1.165, 1.54) is 16.1 Å². The van der Waals surface area contributed by atoms with Gasteiger partial charge in [-0.05, 0) is 54.8 Å². The highest BCUT2D eigenvalue weighted by Gasteiger charge is 2.28. The number of primary amides is 1. The lowest BCUT2D eigenvalue weighted by Crippen LogP contribution is -2.34. The Morgan fingerprint density at radius 2 is 1.45 bits per heavy atom. The van der Waals surface area contributed by atoms with Crippen molar-refractivity contribution in [3.05, 3.63) is 110 Å². The maximum atomic E-state index is 14.3. The van der Waals surface area contributed by atoms with Crippen molar-refractivity contribution in [3.63, 3.8) is 0 Å². The van der Waals surface area contributed by atoms with Crippen molar-refractivity contribution in [2.75, 3.05) is 0 Å². The molecule has 0 aliphatic rings. The van der Waals surface area contributed by atoms with E-state index in [0.717, 1.165) is 10.1 Å². The van der Waals surface area contributed by atoms with Crippen LogP contribution in [0.2, 0.25) is 5.02 Å². The van der Waals surface area contributed by atoms with E-state index in [-0.39, 0.29) is 11.2 Å². The maximum absolute atomic E-state index is 14.3. The van der Waals surface area contributed by atoms with Crippen LogP contribution in [0.15, 0.2) is 88.5 Å². The largest absolute Gasteiger partial charge is 0.368 e. The van der Waals surface area contributed by atoms with Crippen LogP contribution in [-0.4, -0.2) is 24.6 Å². The summed E-state index contributed by atoms with van der Waals surface area (Å²) in [6.07, 6.45) is 0. The number of aromatic nitrogens is 4. The van der Waals surface area contributed by atoms with Gasteiger partial charge in [0.05, 0.1) is 11.4 Å². The van der Waals surface area contributed by atoms with Crippen LogP contribution in [0.25, 0.3) is 33.9 Å². The smallest absolute Gasteiger partial charge is 0.335 e. The summed E-state index contributed by atoms with van der Waals surface area (Å²) in [5, 5.41) is 0.508. The van der Waals surface area contributed by atoms with Crippen LogP contribution in [0, 0.1) is 0 Å². The van der Waals surface area contributed by atoms with Gasteiger partial charge >= 0.3 is 5.69 Å². The van der Waals surface area contributed by atoms with Crippen molar-refractivity contribution >= 4 is 28.7 Å².